The predicted molar refractivity (Wildman–Crippen MR) is 66.8 cm³/mol. The van der Waals surface area contributed by atoms with E-state index in [-0.39, 0.29) is 11.2 Å². The average molecular weight is 230 g/mol. The number of hydrogen-bond acceptors (Lipinski definition) is 2. The van der Waals surface area contributed by atoms with Crippen molar-refractivity contribution in [1.29, 1.82) is 0 Å². The first kappa shape index (κ1) is 11.4. The summed E-state index contributed by atoms with van der Waals surface area (Å²) in [5, 5.41) is 0. The van der Waals surface area contributed by atoms with Crippen LogP contribution in [0.15, 0.2) is 40.1 Å². The van der Waals surface area contributed by atoms with E-state index >= 15 is 0 Å². The molecule has 0 radical (unpaired) electrons. The number of nitrogens with zero attached hydrogens (tertiary/aromatic N) is 2. The van der Waals surface area contributed by atoms with Gasteiger partial charge in [0.15, 0.2) is 0 Å². The van der Waals surface area contributed by atoms with Crippen LogP contribution in [0.25, 0.3) is 5.69 Å². The van der Waals surface area contributed by atoms with Crippen LogP contribution < -0.4 is 11.2 Å². The molecular weight excluding hydrogens is 216 g/mol. The first-order valence-electron chi connectivity index (χ1n) is 5.36. The Morgan fingerprint density at radius 3 is 2.18 bits per heavy atom. The van der Waals surface area contributed by atoms with E-state index in [9.17, 15) is 9.59 Å². The van der Waals surface area contributed by atoms with Gasteiger partial charge in [-0.3, -0.25) is 13.9 Å². The Hall–Kier alpha value is -2.10. The van der Waals surface area contributed by atoms with Crippen LogP contribution in [0.5, 0.6) is 0 Å². The third-order valence-corrected chi connectivity index (χ3v) is 2.67. The fraction of sp³-hybridized carbons (Fsp3) is 0.231. The van der Waals surface area contributed by atoms with Gasteiger partial charge >= 0.3 is 5.69 Å². The molecule has 0 fully saturated rings. The van der Waals surface area contributed by atoms with Gasteiger partial charge in [-0.15, -0.1) is 0 Å². The van der Waals surface area contributed by atoms with Gasteiger partial charge in [-0.2, -0.15) is 0 Å². The molecule has 0 bridgehead atoms. The van der Waals surface area contributed by atoms with E-state index in [4.69, 9.17) is 0 Å². The van der Waals surface area contributed by atoms with Crippen LogP contribution >= 0.6 is 0 Å². The van der Waals surface area contributed by atoms with E-state index in [0.29, 0.717) is 0 Å². The van der Waals surface area contributed by atoms with Crippen molar-refractivity contribution in [2.24, 2.45) is 7.05 Å². The van der Waals surface area contributed by atoms with Crippen molar-refractivity contribution in [2.45, 2.75) is 13.8 Å². The second-order valence-corrected chi connectivity index (χ2v) is 4.21. The second-order valence-electron chi connectivity index (χ2n) is 4.21. The molecule has 0 N–H and O–H groups in total. The maximum absolute atomic E-state index is 11.9. The van der Waals surface area contributed by atoms with E-state index in [1.165, 1.54) is 23.9 Å². The Balaban J connectivity index is 2.73. The maximum atomic E-state index is 11.9. The predicted octanol–water partition coefficient (Wildman–Crippen LogP) is 1.15. The number of aryl methyl sites for hydroxylation is 2. The highest BCUT2D eigenvalue weighted by atomic mass is 16.2. The largest absolute Gasteiger partial charge is 0.335 e. The molecule has 4 heteroatoms. The molecule has 17 heavy (non-hydrogen) atoms. The highest BCUT2D eigenvalue weighted by molar-refractivity contribution is 5.39. The van der Waals surface area contributed by atoms with Crippen molar-refractivity contribution in [3.63, 3.8) is 0 Å². The van der Waals surface area contributed by atoms with E-state index < -0.39 is 0 Å². The molecule has 0 amide bonds. The minimum absolute atomic E-state index is 0.296. The molecule has 1 heterocycles. The third-order valence-electron chi connectivity index (χ3n) is 2.67. The highest BCUT2D eigenvalue weighted by Gasteiger charge is 2.04. The van der Waals surface area contributed by atoms with Crippen molar-refractivity contribution in [2.75, 3.05) is 0 Å². The summed E-state index contributed by atoms with van der Waals surface area (Å²) in [6.07, 6.45) is 1.51. The molecular formula is C13H14N2O2. The van der Waals surface area contributed by atoms with Crippen molar-refractivity contribution >= 4 is 0 Å². The summed E-state index contributed by atoms with van der Waals surface area (Å²) < 4.78 is 2.57. The number of hydrogen-bond donors (Lipinski definition) is 0. The Morgan fingerprint density at radius 1 is 1.00 bits per heavy atom. The molecule has 2 aromatic rings. The molecule has 0 spiro atoms. The van der Waals surface area contributed by atoms with Crippen LogP contribution in [0.1, 0.15) is 11.1 Å². The number of rotatable bonds is 1. The lowest BCUT2D eigenvalue weighted by molar-refractivity contribution is 0.728. The number of benzene rings is 1. The average Bonchev–Trinajstić information content (AvgIpc) is 2.24. The Bertz CT molecular complexity index is 660. The quantitative estimate of drug-likeness (QED) is 0.737. The molecule has 0 atom stereocenters. The van der Waals surface area contributed by atoms with Crippen LogP contribution in [0.2, 0.25) is 0 Å². The molecule has 88 valence electrons. The summed E-state index contributed by atoms with van der Waals surface area (Å²) in [5.41, 5.74) is 2.32. The SMILES string of the molecule is Cc1cc(C)cc(-n2ccc(=O)n(C)c2=O)c1. The first-order chi connectivity index (χ1) is 7.99. The summed E-state index contributed by atoms with van der Waals surface area (Å²) in [7, 11) is 1.48. The van der Waals surface area contributed by atoms with Gasteiger partial charge < -0.3 is 0 Å². The Kier molecular flexibility index (Phi) is 2.71. The van der Waals surface area contributed by atoms with Crippen molar-refractivity contribution in [3.05, 3.63) is 62.4 Å². The molecule has 0 aliphatic rings. The molecule has 0 aliphatic heterocycles. The van der Waals surface area contributed by atoms with Crippen LogP contribution in [0.4, 0.5) is 0 Å². The van der Waals surface area contributed by atoms with Gasteiger partial charge in [-0.25, -0.2) is 4.79 Å². The lowest BCUT2D eigenvalue weighted by atomic mass is 10.1. The summed E-state index contributed by atoms with van der Waals surface area (Å²) in [4.78, 5) is 23.2. The lowest BCUT2D eigenvalue weighted by Gasteiger charge is -2.08. The van der Waals surface area contributed by atoms with E-state index in [2.05, 4.69) is 0 Å². The first-order valence-corrected chi connectivity index (χ1v) is 5.36. The van der Waals surface area contributed by atoms with Gasteiger partial charge in [0, 0.05) is 19.3 Å². The summed E-state index contributed by atoms with van der Waals surface area (Å²) in [6.45, 7) is 3.95. The smallest absolute Gasteiger partial charge is 0.269 e. The fourth-order valence-electron chi connectivity index (χ4n) is 1.86. The Labute approximate surface area is 98.8 Å². The molecule has 4 nitrogen and oxygen atoms in total. The van der Waals surface area contributed by atoms with Gasteiger partial charge in [0.25, 0.3) is 5.56 Å². The molecule has 0 saturated carbocycles. The maximum Gasteiger partial charge on any atom is 0.335 e. The standard InChI is InChI=1S/C13H14N2O2/c1-9-6-10(2)8-11(7-9)15-5-4-12(16)14(3)13(15)17/h4-8H,1-3H3. The lowest BCUT2D eigenvalue weighted by Crippen LogP contribution is -2.36. The van der Waals surface area contributed by atoms with E-state index in [0.717, 1.165) is 21.4 Å². The zero-order valence-electron chi connectivity index (χ0n) is 10.1. The number of aromatic nitrogens is 2. The van der Waals surface area contributed by atoms with E-state index in [1.54, 1.807) is 0 Å². The molecule has 0 unspecified atom stereocenters. The van der Waals surface area contributed by atoms with Gasteiger partial charge in [0.2, 0.25) is 0 Å². The van der Waals surface area contributed by atoms with Gasteiger partial charge in [0.05, 0.1) is 5.69 Å². The minimum atomic E-state index is -0.331. The Morgan fingerprint density at radius 2 is 1.59 bits per heavy atom. The topological polar surface area (TPSA) is 44.0 Å². The van der Waals surface area contributed by atoms with Crippen molar-refractivity contribution in [3.8, 4) is 5.69 Å². The van der Waals surface area contributed by atoms with Gasteiger partial charge in [-0.05, 0) is 37.1 Å². The summed E-state index contributed by atoms with van der Waals surface area (Å²) in [5.74, 6) is 0. The molecule has 0 aliphatic carbocycles. The van der Waals surface area contributed by atoms with Crippen molar-refractivity contribution < 1.29 is 0 Å². The summed E-state index contributed by atoms with van der Waals surface area (Å²) >= 11 is 0. The normalized spacial score (nSPS) is 10.5. The second kappa shape index (κ2) is 4.05. The van der Waals surface area contributed by atoms with Gasteiger partial charge in [0.1, 0.15) is 0 Å². The van der Waals surface area contributed by atoms with E-state index in [1.807, 2.05) is 32.0 Å². The summed E-state index contributed by atoms with van der Waals surface area (Å²) in [6, 6.07) is 7.26. The zero-order chi connectivity index (χ0) is 12.6. The fourth-order valence-corrected chi connectivity index (χ4v) is 1.86. The van der Waals surface area contributed by atoms with Crippen LogP contribution in [-0.2, 0) is 7.05 Å². The van der Waals surface area contributed by atoms with Gasteiger partial charge in [-0.1, -0.05) is 6.07 Å². The highest BCUT2D eigenvalue weighted by Crippen LogP contribution is 2.11. The molecule has 1 aromatic carbocycles. The molecule has 1 aromatic heterocycles. The van der Waals surface area contributed by atoms with Crippen LogP contribution in [0, 0.1) is 13.8 Å². The van der Waals surface area contributed by atoms with Crippen LogP contribution in [0.3, 0.4) is 0 Å². The molecule has 0 saturated heterocycles. The van der Waals surface area contributed by atoms with Crippen molar-refractivity contribution in [1.82, 2.24) is 9.13 Å². The minimum Gasteiger partial charge on any atom is -0.269 e. The third kappa shape index (κ3) is 2.06. The van der Waals surface area contributed by atoms with Crippen LogP contribution in [-0.4, -0.2) is 9.13 Å². The molecule has 2 rings (SSSR count). The monoisotopic (exact) mass is 230 g/mol. The zero-order valence-corrected chi connectivity index (χ0v) is 10.1.